The SMILES string of the molecule is Clc1nc(-c2cccc(-c3ccccc3)c2)nc(-c2ccccc2-c2ccccc2)n1. The van der Waals surface area contributed by atoms with Crippen molar-refractivity contribution in [2.45, 2.75) is 0 Å². The van der Waals surface area contributed by atoms with Crippen LogP contribution in [0.25, 0.3) is 45.0 Å². The van der Waals surface area contributed by atoms with Crippen LogP contribution >= 0.6 is 11.6 Å². The summed E-state index contributed by atoms with van der Waals surface area (Å²) in [4.78, 5) is 13.6. The summed E-state index contributed by atoms with van der Waals surface area (Å²) in [6.07, 6.45) is 0. The first-order valence-corrected chi connectivity index (χ1v) is 10.4. The third-order valence-corrected chi connectivity index (χ3v) is 5.26. The molecule has 1 heterocycles. The van der Waals surface area contributed by atoms with Gasteiger partial charge in [-0.2, -0.15) is 9.97 Å². The predicted octanol–water partition coefficient (Wildman–Crippen LogP) is 7.19. The second-order valence-corrected chi connectivity index (χ2v) is 7.45. The molecule has 5 aromatic rings. The largest absolute Gasteiger partial charge is 0.226 e. The Morgan fingerprint density at radius 2 is 0.968 bits per heavy atom. The van der Waals surface area contributed by atoms with E-state index in [9.17, 15) is 0 Å². The molecule has 1 aromatic heterocycles. The van der Waals surface area contributed by atoms with E-state index in [2.05, 4.69) is 52.4 Å². The van der Waals surface area contributed by atoms with Gasteiger partial charge in [-0.3, -0.25) is 0 Å². The van der Waals surface area contributed by atoms with Crippen molar-refractivity contribution >= 4 is 11.6 Å². The van der Waals surface area contributed by atoms with Gasteiger partial charge in [0.1, 0.15) is 0 Å². The normalized spacial score (nSPS) is 10.7. The van der Waals surface area contributed by atoms with Crippen LogP contribution in [0, 0.1) is 0 Å². The maximum Gasteiger partial charge on any atom is 0.226 e. The Kier molecular flexibility index (Phi) is 5.26. The van der Waals surface area contributed by atoms with Gasteiger partial charge >= 0.3 is 0 Å². The molecule has 0 radical (unpaired) electrons. The topological polar surface area (TPSA) is 38.7 Å². The summed E-state index contributed by atoms with van der Waals surface area (Å²) in [6.45, 7) is 0. The number of benzene rings is 4. The molecule has 0 saturated carbocycles. The highest BCUT2D eigenvalue weighted by Crippen LogP contribution is 2.32. The van der Waals surface area contributed by atoms with Gasteiger partial charge in [-0.25, -0.2) is 4.98 Å². The van der Waals surface area contributed by atoms with Gasteiger partial charge in [0.15, 0.2) is 11.6 Å². The number of halogens is 1. The highest BCUT2D eigenvalue weighted by atomic mass is 35.5. The van der Waals surface area contributed by atoms with Crippen LogP contribution in [-0.4, -0.2) is 15.0 Å². The Labute approximate surface area is 186 Å². The molecule has 0 aliphatic rings. The van der Waals surface area contributed by atoms with Crippen LogP contribution in [0.3, 0.4) is 0 Å². The van der Waals surface area contributed by atoms with Crippen LogP contribution in [0.4, 0.5) is 0 Å². The Morgan fingerprint density at radius 1 is 0.419 bits per heavy atom. The molecular weight excluding hydrogens is 402 g/mol. The molecule has 4 heteroatoms. The van der Waals surface area contributed by atoms with Crippen molar-refractivity contribution in [2.24, 2.45) is 0 Å². The molecule has 148 valence electrons. The molecule has 0 spiro atoms. The number of hydrogen-bond acceptors (Lipinski definition) is 3. The molecule has 5 rings (SSSR count). The molecular formula is C27H18ClN3. The average Bonchev–Trinajstić information content (AvgIpc) is 2.85. The van der Waals surface area contributed by atoms with Gasteiger partial charge in [-0.05, 0) is 39.9 Å². The van der Waals surface area contributed by atoms with Crippen molar-refractivity contribution in [3.63, 3.8) is 0 Å². The summed E-state index contributed by atoms with van der Waals surface area (Å²) in [5, 5.41) is 0.174. The van der Waals surface area contributed by atoms with Crippen LogP contribution in [0.15, 0.2) is 109 Å². The van der Waals surface area contributed by atoms with Crippen LogP contribution in [0.1, 0.15) is 0 Å². The molecule has 31 heavy (non-hydrogen) atoms. The quantitative estimate of drug-likeness (QED) is 0.309. The van der Waals surface area contributed by atoms with E-state index in [1.807, 2.05) is 66.7 Å². The molecule has 0 aliphatic heterocycles. The highest BCUT2D eigenvalue weighted by Gasteiger charge is 2.14. The summed E-state index contributed by atoms with van der Waals surface area (Å²) < 4.78 is 0. The lowest BCUT2D eigenvalue weighted by Gasteiger charge is -2.10. The van der Waals surface area contributed by atoms with Crippen molar-refractivity contribution in [2.75, 3.05) is 0 Å². The van der Waals surface area contributed by atoms with Crippen LogP contribution < -0.4 is 0 Å². The Hall–Kier alpha value is -3.82. The van der Waals surface area contributed by atoms with E-state index in [1.165, 1.54) is 0 Å². The number of aromatic nitrogens is 3. The summed E-state index contributed by atoms with van der Waals surface area (Å²) >= 11 is 6.34. The van der Waals surface area contributed by atoms with E-state index >= 15 is 0 Å². The zero-order valence-electron chi connectivity index (χ0n) is 16.6. The van der Waals surface area contributed by atoms with Crippen LogP contribution in [0.2, 0.25) is 5.28 Å². The van der Waals surface area contributed by atoms with Gasteiger partial charge in [0, 0.05) is 11.1 Å². The second-order valence-electron chi connectivity index (χ2n) is 7.11. The van der Waals surface area contributed by atoms with Crippen molar-refractivity contribution in [1.29, 1.82) is 0 Å². The van der Waals surface area contributed by atoms with E-state index < -0.39 is 0 Å². The smallest absolute Gasteiger partial charge is 0.208 e. The number of hydrogen-bond donors (Lipinski definition) is 0. The Balaban J connectivity index is 1.61. The van der Waals surface area contributed by atoms with Crippen LogP contribution in [-0.2, 0) is 0 Å². The first-order chi connectivity index (χ1) is 15.3. The first kappa shape index (κ1) is 19.2. The second kappa shape index (κ2) is 8.50. The van der Waals surface area contributed by atoms with E-state index in [0.717, 1.165) is 33.4 Å². The van der Waals surface area contributed by atoms with E-state index in [-0.39, 0.29) is 5.28 Å². The zero-order valence-corrected chi connectivity index (χ0v) is 17.4. The summed E-state index contributed by atoms with van der Waals surface area (Å²) in [5.41, 5.74) is 6.19. The lowest BCUT2D eigenvalue weighted by Crippen LogP contribution is -1.98. The molecule has 0 bridgehead atoms. The minimum atomic E-state index is 0.174. The van der Waals surface area contributed by atoms with Crippen molar-refractivity contribution < 1.29 is 0 Å². The van der Waals surface area contributed by atoms with Gasteiger partial charge in [-0.15, -0.1) is 0 Å². The maximum absolute atomic E-state index is 6.34. The minimum Gasteiger partial charge on any atom is -0.208 e. The third kappa shape index (κ3) is 4.09. The Morgan fingerprint density at radius 3 is 1.71 bits per heavy atom. The fraction of sp³-hybridized carbons (Fsp3) is 0. The van der Waals surface area contributed by atoms with Crippen molar-refractivity contribution in [3.05, 3.63) is 114 Å². The lowest BCUT2D eigenvalue weighted by molar-refractivity contribution is 1.07. The lowest BCUT2D eigenvalue weighted by atomic mass is 9.99. The number of rotatable bonds is 4. The highest BCUT2D eigenvalue weighted by molar-refractivity contribution is 6.28. The molecule has 0 aliphatic carbocycles. The molecule has 0 amide bonds. The van der Waals surface area contributed by atoms with Crippen molar-refractivity contribution in [3.8, 4) is 45.0 Å². The monoisotopic (exact) mass is 419 g/mol. The number of nitrogens with zero attached hydrogens (tertiary/aromatic N) is 3. The molecule has 0 unspecified atom stereocenters. The summed E-state index contributed by atoms with van der Waals surface area (Å²) in [7, 11) is 0. The van der Waals surface area contributed by atoms with Gasteiger partial charge in [0.25, 0.3) is 0 Å². The zero-order chi connectivity index (χ0) is 21.0. The summed E-state index contributed by atoms with van der Waals surface area (Å²) in [5.74, 6) is 1.11. The molecule has 0 atom stereocenters. The van der Waals surface area contributed by atoms with Gasteiger partial charge in [0.2, 0.25) is 5.28 Å². The van der Waals surface area contributed by atoms with Crippen molar-refractivity contribution in [1.82, 2.24) is 15.0 Å². The molecule has 4 aromatic carbocycles. The van der Waals surface area contributed by atoms with Crippen LogP contribution in [0.5, 0.6) is 0 Å². The molecule has 0 fully saturated rings. The average molecular weight is 420 g/mol. The fourth-order valence-corrected chi connectivity index (χ4v) is 3.78. The standard InChI is InChI=1S/C27H18ClN3/c28-27-30-25(22-15-9-14-21(18-22)19-10-3-1-4-11-19)29-26(31-27)24-17-8-7-16-23(24)20-12-5-2-6-13-20/h1-18H. The molecule has 3 nitrogen and oxygen atoms in total. The van der Waals surface area contributed by atoms with E-state index in [4.69, 9.17) is 16.6 Å². The van der Waals surface area contributed by atoms with E-state index in [0.29, 0.717) is 11.6 Å². The summed E-state index contributed by atoms with van der Waals surface area (Å²) in [6, 6.07) is 36.7. The van der Waals surface area contributed by atoms with E-state index in [1.54, 1.807) is 0 Å². The minimum absolute atomic E-state index is 0.174. The first-order valence-electron chi connectivity index (χ1n) is 10.0. The predicted molar refractivity (Wildman–Crippen MR) is 127 cm³/mol. The molecule has 0 N–H and O–H groups in total. The third-order valence-electron chi connectivity index (χ3n) is 5.09. The van der Waals surface area contributed by atoms with Gasteiger partial charge < -0.3 is 0 Å². The molecule has 0 saturated heterocycles. The van der Waals surface area contributed by atoms with Gasteiger partial charge in [-0.1, -0.05) is 103 Å². The van der Waals surface area contributed by atoms with Gasteiger partial charge in [0.05, 0.1) is 0 Å². The Bertz CT molecular complexity index is 1340. The maximum atomic E-state index is 6.34. The fourth-order valence-electron chi connectivity index (χ4n) is 3.62.